The lowest BCUT2D eigenvalue weighted by Crippen LogP contribution is -2.54. The highest BCUT2D eigenvalue weighted by Crippen LogP contribution is 2.34. The van der Waals surface area contributed by atoms with Crippen molar-refractivity contribution >= 4 is 22.4 Å². The fraction of sp³-hybridized carbons (Fsp3) is 0.417. The van der Waals surface area contributed by atoms with Gasteiger partial charge in [0, 0.05) is 74.0 Å². The second-order valence-corrected chi connectivity index (χ2v) is 12.5. The summed E-state index contributed by atoms with van der Waals surface area (Å²) in [7, 11) is 0. The SMILES string of the molecule is NC1(C(=O)CCCCn2cc(-c3ccc(OC(F)(F)F)cc3)c3cc(CN4CCN(c5ccccc5)CC4)ccc32)CCNCC1. The van der Waals surface area contributed by atoms with Gasteiger partial charge in [-0.25, -0.2) is 0 Å². The summed E-state index contributed by atoms with van der Waals surface area (Å²) in [5.74, 6) is -0.103. The van der Waals surface area contributed by atoms with Crippen molar-refractivity contribution in [2.24, 2.45) is 5.73 Å². The van der Waals surface area contributed by atoms with Crippen LogP contribution in [0.4, 0.5) is 18.9 Å². The van der Waals surface area contributed by atoms with Gasteiger partial charge in [0.1, 0.15) is 5.75 Å². The highest BCUT2D eigenvalue weighted by Gasteiger charge is 2.34. The Bertz CT molecular complexity index is 1610. The number of piperidine rings is 1. The number of aryl methyl sites for hydroxylation is 1. The van der Waals surface area contributed by atoms with Gasteiger partial charge in [0.2, 0.25) is 0 Å². The number of carbonyl (C=O) groups is 1. The Morgan fingerprint density at radius 3 is 2.33 bits per heavy atom. The van der Waals surface area contributed by atoms with Crippen LogP contribution in [0.5, 0.6) is 5.75 Å². The van der Waals surface area contributed by atoms with Crippen LogP contribution in [-0.2, 0) is 17.9 Å². The summed E-state index contributed by atoms with van der Waals surface area (Å²) in [6, 6.07) is 23.1. The molecule has 10 heteroatoms. The van der Waals surface area contributed by atoms with Gasteiger partial charge in [-0.15, -0.1) is 13.2 Å². The van der Waals surface area contributed by atoms with Gasteiger partial charge in [0.05, 0.1) is 5.54 Å². The number of piperazine rings is 1. The van der Waals surface area contributed by atoms with Crippen molar-refractivity contribution in [1.82, 2.24) is 14.8 Å². The van der Waals surface area contributed by atoms with E-state index in [1.165, 1.54) is 23.4 Å². The van der Waals surface area contributed by atoms with E-state index in [9.17, 15) is 18.0 Å². The number of halogens is 3. The van der Waals surface area contributed by atoms with Gasteiger partial charge in [-0.2, -0.15) is 0 Å². The average molecular weight is 634 g/mol. The number of rotatable bonds is 11. The van der Waals surface area contributed by atoms with Crippen molar-refractivity contribution < 1.29 is 22.7 Å². The fourth-order valence-corrected chi connectivity index (χ4v) is 6.72. The molecule has 0 amide bonds. The average Bonchev–Trinajstić information content (AvgIpc) is 3.41. The zero-order valence-corrected chi connectivity index (χ0v) is 26.1. The first-order chi connectivity index (χ1) is 22.2. The van der Waals surface area contributed by atoms with E-state index < -0.39 is 11.9 Å². The van der Waals surface area contributed by atoms with Crippen LogP contribution >= 0.6 is 0 Å². The highest BCUT2D eigenvalue weighted by atomic mass is 19.4. The van der Waals surface area contributed by atoms with Crippen molar-refractivity contribution in [3.8, 4) is 16.9 Å². The molecule has 2 fully saturated rings. The maximum atomic E-state index is 12.9. The number of hydrogen-bond donors (Lipinski definition) is 2. The van der Waals surface area contributed by atoms with Crippen LogP contribution in [0.1, 0.15) is 37.7 Å². The molecule has 0 aliphatic carbocycles. The van der Waals surface area contributed by atoms with Crippen molar-refractivity contribution in [3.05, 3.63) is 84.6 Å². The summed E-state index contributed by atoms with van der Waals surface area (Å²) in [4.78, 5) is 17.8. The Labute approximate surface area is 268 Å². The Kier molecular flexibility index (Phi) is 9.67. The van der Waals surface area contributed by atoms with Gasteiger partial charge in [-0.05, 0) is 86.3 Å². The number of para-hydroxylation sites is 1. The summed E-state index contributed by atoms with van der Waals surface area (Å²) in [6.07, 6.45) is 0.713. The van der Waals surface area contributed by atoms with Gasteiger partial charge >= 0.3 is 6.36 Å². The number of nitrogens with two attached hydrogens (primary N) is 1. The van der Waals surface area contributed by atoms with Crippen molar-refractivity contribution in [2.45, 2.75) is 57.1 Å². The minimum atomic E-state index is -4.74. The molecule has 3 aromatic carbocycles. The number of hydrogen-bond acceptors (Lipinski definition) is 6. The molecular formula is C36H42F3N5O2. The summed E-state index contributed by atoms with van der Waals surface area (Å²) in [5.41, 5.74) is 11.0. The Morgan fingerprint density at radius 1 is 0.913 bits per heavy atom. The predicted molar refractivity (Wildman–Crippen MR) is 176 cm³/mol. The van der Waals surface area contributed by atoms with Crippen LogP contribution in [-0.4, -0.2) is 66.4 Å². The summed E-state index contributed by atoms with van der Waals surface area (Å²) < 4.78 is 44.6. The monoisotopic (exact) mass is 633 g/mol. The largest absolute Gasteiger partial charge is 0.573 e. The number of fused-ring (bicyclic) bond motifs is 1. The first kappa shape index (κ1) is 32.1. The summed E-state index contributed by atoms with van der Waals surface area (Å²) in [5, 5.41) is 4.32. The number of ketones is 1. The van der Waals surface area contributed by atoms with Crippen molar-refractivity contribution in [2.75, 3.05) is 44.2 Å². The van der Waals surface area contributed by atoms with Gasteiger partial charge < -0.3 is 25.3 Å². The number of anilines is 1. The Balaban J connectivity index is 1.17. The van der Waals surface area contributed by atoms with Gasteiger partial charge in [0.15, 0.2) is 5.78 Å². The fourth-order valence-electron chi connectivity index (χ4n) is 6.72. The molecule has 2 aliphatic heterocycles. The van der Waals surface area contributed by atoms with E-state index in [4.69, 9.17) is 5.73 Å². The first-order valence-electron chi connectivity index (χ1n) is 16.2. The van der Waals surface area contributed by atoms with Crippen LogP contribution in [0.15, 0.2) is 79.0 Å². The molecule has 0 saturated carbocycles. The number of alkyl halides is 3. The number of ether oxygens (including phenoxy) is 1. The summed E-state index contributed by atoms with van der Waals surface area (Å²) in [6.45, 7) is 6.93. The number of nitrogens with zero attached hydrogens (tertiary/aromatic N) is 3. The number of carbonyl (C=O) groups excluding carboxylic acids is 1. The lowest BCUT2D eigenvalue weighted by atomic mass is 9.83. The molecule has 6 rings (SSSR count). The van der Waals surface area contributed by atoms with Crippen LogP contribution in [0.25, 0.3) is 22.0 Å². The van der Waals surface area contributed by atoms with E-state index in [2.05, 4.69) is 73.1 Å². The van der Waals surface area contributed by atoms with Crippen LogP contribution in [0.2, 0.25) is 0 Å². The molecule has 0 atom stereocenters. The van der Waals surface area contributed by atoms with Gasteiger partial charge in [0.25, 0.3) is 0 Å². The van der Waals surface area contributed by atoms with E-state index >= 15 is 0 Å². The second kappa shape index (κ2) is 13.9. The molecule has 0 unspecified atom stereocenters. The molecule has 0 spiro atoms. The normalized spacial score (nSPS) is 17.3. The van der Waals surface area contributed by atoms with Crippen molar-refractivity contribution in [1.29, 1.82) is 0 Å². The maximum absolute atomic E-state index is 12.9. The molecule has 0 bridgehead atoms. The van der Waals surface area contributed by atoms with E-state index in [-0.39, 0.29) is 11.5 Å². The highest BCUT2D eigenvalue weighted by molar-refractivity contribution is 5.96. The molecule has 1 aromatic heterocycles. The van der Waals surface area contributed by atoms with Crippen molar-refractivity contribution in [3.63, 3.8) is 0 Å². The van der Waals surface area contributed by atoms with Gasteiger partial charge in [-0.1, -0.05) is 36.4 Å². The van der Waals surface area contributed by atoms with Crippen LogP contribution in [0.3, 0.4) is 0 Å². The first-order valence-corrected chi connectivity index (χ1v) is 16.2. The maximum Gasteiger partial charge on any atom is 0.573 e. The lowest BCUT2D eigenvalue weighted by Gasteiger charge is -2.36. The smallest absolute Gasteiger partial charge is 0.406 e. The van der Waals surface area contributed by atoms with E-state index in [1.54, 1.807) is 12.1 Å². The topological polar surface area (TPSA) is 75.8 Å². The Morgan fingerprint density at radius 2 is 1.63 bits per heavy atom. The van der Waals surface area contributed by atoms with E-state index in [0.29, 0.717) is 19.3 Å². The van der Waals surface area contributed by atoms with Gasteiger partial charge in [-0.3, -0.25) is 9.69 Å². The molecule has 0 radical (unpaired) electrons. The third kappa shape index (κ3) is 7.74. The molecule has 3 heterocycles. The standard InChI is InChI=1S/C36H42F3N5O2/c37-36(38,39)46-30-12-10-28(11-13-30)32-26-44(19-5-4-8-34(45)35(40)15-17-41-18-16-35)33-14-9-27(24-31(32)33)25-42-20-22-43(23-21-42)29-6-2-1-3-7-29/h1-3,6-7,9-14,24,26,41H,4-5,8,15-23,25,40H2. The number of nitrogens with one attached hydrogen (secondary N) is 1. The predicted octanol–water partition coefficient (Wildman–Crippen LogP) is 6.35. The molecule has 3 N–H and O–H groups in total. The molecule has 46 heavy (non-hydrogen) atoms. The molecule has 2 saturated heterocycles. The molecular weight excluding hydrogens is 591 g/mol. The number of unbranched alkanes of at least 4 members (excludes halogenated alkanes) is 1. The quantitative estimate of drug-likeness (QED) is 0.188. The lowest BCUT2D eigenvalue weighted by molar-refractivity contribution is -0.274. The number of Topliss-reactive ketones (excluding diaryl/α,β-unsaturated/α-hetero) is 1. The zero-order valence-electron chi connectivity index (χ0n) is 26.1. The molecule has 7 nitrogen and oxygen atoms in total. The zero-order chi connectivity index (χ0) is 32.1. The minimum Gasteiger partial charge on any atom is -0.406 e. The summed E-state index contributed by atoms with van der Waals surface area (Å²) >= 11 is 0. The molecule has 2 aliphatic rings. The third-order valence-corrected chi connectivity index (χ3v) is 9.35. The third-order valence-electron chi connectivity index (χ3n) is 9.35. The minimum absolute atomic E-state index is 0.141. The number of aromatic nitrogens is 1. The van der Waals surface area contributed by atoms with Crippen LogP contribution in [0, 0.1) is 0 Å². The van der Waals surface area contributed by atoms with E-state index in [1.807, 2.05) is 6.07 Å². The molecule has 244 valence electrons. The van der Waals surface area contributed by atoms with Crippen LogP contribution < -0.4 is 20.7 Å². The number of benzene rings is 3. The second-order valence-electron chi connectivity index (χ2n) is 12.5. The van der Waals surface area contributed by atoms with E-state index in [0.717, 1.165) is 87.2 Å². The Hall–Kier alpha value is -3.86. The molecule has 4 aromatic rings.